The predicted octanol–water partition coefficient (Wildman–Crippen LogP) is 2.50. The second-order valence-electron chi connectivity index (χ2n) is 6.42. The summed E-state index contributed by atoms with van der Waals surface area (Å²) in [6.45, 7) is 5.99. The number of methoxy groups -OCH3 is 1. The molecule has 2 heterocycles. The molecule has 2 saturated heterocycles. The Morgan fingerprint density at radius 2 is 1.76 bits per heavy atom. The maximum absolute atomic E-state index is 5.29. The van der Waals surface area contributed by atoms with Gasteiger partial charge in [0, 0.05) is 19.6 Å². The van der Waals surface area contributed by atoms with E-state index in [0.29, 0.717) is 0 Å². The topological polar surface area (TPSA) is 24.5 Å². The van der Waals surface area contributed by atoms with E-state index in [1.54, 1.807) is 7.11 Å². The Labute approximate surface area is 125 Å². The number of fused-ring (bicyclic) bond motifs is 2. The third-order valence-corrected chi connectivity index (χ3v) is 4.98. The lowest BCUT2D eigenvalue weighted by molar-refractivity contribution is 0.306. The molecule has 1 N–H and O–H groups in total. The molecule has 3 nitrogen and oxygen atoms in total. The van der Waals surface area contributed by atoms with E-state index >= 15 is 0 Å². The molecule has 0 radical (unpaired) electrons. The van der Waals surface area contributed by atoms with E-state index in [2.05, 4.69) is 40.5 Å². The lowest BCUT2D eigenvalue weighted by atomic mass is 10.0. The Bertz CT molecular complexity index is 643. The number of nitrogens with one attached hydrogen (secondary N) is 1. The summed E-state index contributed by atoms with van der Waals surface area (Å²) in [5, 5.41) is 6.06. The van der Waals surface area contributed by atoms with Crippen LogP contribution in [0.1, 0.15) is 5.56 Å². The van der Waals surface area contributed by atoms with E-state index in [1.165, 1.54) is 42.5 Å². The predicted molar refractivity (Wildman–Crippen MR) is 85.6 cm³/mol. The highest BCUT2D eigenvalue weighted by Gasteiger charge is 2.35. The summed E-state index contributed by atoms with van der Waals surface area (Å²) < 4.78 is 5.29. The maximum Gasteiger partial charge on any atom is 0.119 e. The fourth-order valence-electron chi connectivity index (χ4n) is 3.84. The fourth-order valence-corrected chi connectivity index (χ4v) is 3.84. The highest BCUT2D eigenvalue weighted by Crippen LogP contribution is 2.28. The maximum atomic E-state index is 5.29. The van der Waals surface area contributed by atoms with Crippen LogP contribution in [-0.4, -0.2) is 38.2 Å². The van der Waals surface area contributed by atoms with Crippen molar-refractivity contribution in [1.82, 2.24) is 10.2 Å². The first-order valence-corrected chi connectivity index (χ1v) is 7.81. The number of benzene rings is 2. The molecule has 2 aromatic rings. The smallest absolute Gasteiger partial charge is 0.119 e. The first-order chi connectivity index (χ1) is 10.3. The van der Waals surface area contributed by atoms with Gasteiger partial charge in [-0.1, -0.05) is 18.2 Å². The number of rotatable bonds is 3. The first kappa shape index (κ1) is 13.1. The minimum atomic E-state index is 0.870. The van der Waals surface area contributed by atoms with E-state index in [4.69, 9.17) is 4.74 Å². The van der Waals surface area contributed by atoms with Crippen LogP contribution in [0.3, 0.4) is 0 Å². The molecule has 0 aromatic heterocycles. The Balaban J connectivity index is 1.52. The van der Waals surface area contributed by atoms with Gasteiger partial charge in [0.25, 0.3) is 0 Å². The van der Waals surface area contributed by atoms with Crippen LogP contribution in [0.4, 0.5) is 0 Å². The molecule has 2 aliphatic rings. The summed E-state index contributed by atoms with van der Waals surface area (Å²) in [4.78, 5) is 2.61. The summed E-state index contributed by atoms with van der Waals surface area (Å²) in [6, 6.07) is 13.1. The summed E-state index contributed by atoms with van der Waals surface area (Å²) in [5.74, 6) is 2.67. The highest BCUT2D eigenvalue weighted by atomic mass is 16.5. The first-order valence-electron chi connectivity index (χ1n) is 7.81. The average Bonchev–Trinajstić information content (AvgIpc) is 3.08. The quantitative estimate of drug-likeness (QED) is 0.936. The van der Waals surface area contributed by atoms with Crippen molar-refractivity contribution < 1.29 is 4.74 Å². The van der Waals surface area contributed by atoms with Crippen molar-refractivity contribution in [2.24, 2.45) is 11.8 Å². The molecule has 2 fully saturated rings. The van der Waals surface area contributed by atoms with Crippen molar-refractivity contribution in [2.75, 3.05) is 33.3 Å². The van der Waals surface area contributed by atoms with Crippen molar-refractivity contribution in [3.05, 3.63) is 42.0 Å². The number of nitrogens with zero attached hydrogens (tertiary/aromatic N) is 1. The van der Waals surface area contributed by atoms with Crippen LogP contribution in [0, 0.1) is 11.8 Å². The van der Waals surface area contributed by atoms with Gasteiger partial charge in [0.2, 0.25) is 0 Å². The molecule has 0 saturated carbocycles. The molecule has 3 heteroatoms. The molecule has 0 bridgehead atoms. The van der Waals surface area contributed by atoms with E-state index < -0.39 is 0 Å². The Hall–Kier alpha value is -1.58. The number of hydrogen-bond acceptors (Lipinski definition) is 3. The van der Waals surface area contributed by atoms with Crippen LogP contribution in [-0.2, 0) is 6.54 Å². The lowest BCUT2D eigenvalue weighted by Crippen LogP contribution is -2.25. The normalized spacial score (nSPS) is 25.4. The van der Waals surface area contributed by atoms with E-state index in [0.717, 1.165) is 24.1 Å². The number of ether oxygens (including phenoxy) is 1. The molecule has 2 aromatic carbocycles. The van der Waals surface area contributed by atoms with Gasteiger partial charge >= 0.3 is 0 Å². The standard InChI is InChI=1S/C18H22N2O/c1-21-18-5-4-14-6-13(2-3-15(14)7-18)10-20-11-16-8-19-9-17(16)12-20/h2-7,16-17,19H,8-12H2,1H3/t16-,17+. The van der Waals surface area contributed by atoms with E-state index in [9.17, 15) is 0 Å². The van der Waals surface area contributed by atoms with E-state index in [1.807, 2.05) is 6.07 Å². The van der Waals surface area contributed by atoms with Gasteiger partial charge in [-0.15, -0.1) is 0 Å². The molecule has 4 rings (SSSR count). The zero-order valence-corrected chi connectivity index (χ0v) is 12.5. The summed E-state index contributed by atoms with van der Waals surface area (Å²) in [7, 11) is 1.72. The van der Waals surface area contributed by atoms with Gasteiger partial charge in [-0.2, -0.15) is 0 Å². The van der Waals surface area contributed by atoms with Crippen LogP contribution in [0.5, 0.6) is 5.75 Å². The molecule has 21 heavy (non-hydrogen) atoms. The fraction of sp³-hybridized carbons (Fsp3) is 0.444. The Morgan fingerprint density at radius 3 is 2.52 bits per heavy atom. The molecular weight excluding hydrogens is 260 g/mol. The molecule has 2 atom stereocenters. The third-order valence-electron chi connectivity index (χ3n) is 4.98. The largest absolute Gasteiger partial charge is 0.497 e. The summed E-state index contributed by atoms with van der Waals surface area (Å²) in [6.07, 6.45) is 0. The SMILES string of the molecule is COc1ccc2cc(CN3C[C@H]4CNC[C@H]4C3)ccc2c1. The van der Waals surface area contributed by atoms with Gasteiger partial charge in [0.1, 0.15) is 5.75 Å². The minimum Gasteiger partial charge on any atom is -0.497 e. The van der Waals surface area contributed by atoms with Gasteiger partial charge in [-0.05, 0) is 59.5 Å². The van der Waals surface area contributed by atoms with Crippen molar-refractivity contribution in [1.29, 1.82) is 0 Å². The van der Waals surface area contributed by atoms with Crippen molar-refractivity contribution in [3.8, 4) is 5.75 Å². The van der Waals surface area contributed by atoms with Gasteiger partial charge in [0.15, 0.2) is 0 Å². The van der Waals surface area contributed by atoms with Gasteiger partial charge in [-0.3, -0.25) is 4.90 Å². The Morgan fingerprint density at radius 1 is 1.05 bits per heavy atom. The number of likely N-dealkylation sites (tertiary alicyclic amines) is 1. The Kier molecular flexibility index (Phi) is 3.32. The summed E-state index contributed by atoms with van der Waals surface area (Å²) in [5.41, 5.74) is 1.42. The minimum absolute atomic E-state index is 0.870. The molecule has 110 valence electrons. The lowest BCUT2D eigenvalue weighted by Gasteiger charge is -2.17. The van der Waals surface area contributed by atoms with Crippen molar-refractivity contribution in [2.45, 2.75) is 6.54 Å². The van der Waals surface area contributed by atoms with Crippen LogP contribution >= 0.6 is 0 Å². The van der Waals surface area contributed by atoms with Crippen LogP contribution < -0.4 is 10.1 Å². The summed E-state index contributed by atoms with van der Waals surface area (Å²) >= 11 is 0. The average molecular weight is 282 g/mol. The monoisotopic (exact) mass is 282 g/mol. The van der Waals surface area contributed by atoms with Gasteiger partial charge in [-0.25, -0.2) is 0 Å². The molecular formula is C18H22N2O. The van der Waals surface area contributed by atoms with Crippen LogP contribution in [0.25, 0.3) is 10.8 Å². The highest BCUT2D eigenvalue weighted by molar-refractivity contribution is 5.84. The van der Waals surface area contributed by atoms with Gasteiger partial charge < -0.3 is 10.1 Å². The molecule has 0 spiro atoms. The zero-order chi connectivity index (χ0) is 14.2. The zero-order valence-electron chi connectivity index (χ0n) is 12.5. The van der Waals surface area contributed by atoms with E-state index in [-0.39, 0.29) is 0 Å². The van der Waals surface area contributed by atoms with Gasteiger partial charge in [0.05, 0.1) is 7.11 Å². The second-order valence-corrected chi connectivity index (χ2v) is 6.42. The third kappa shape index (κ3) is 2.52. The van der Waals surface area contributed by atoms with Crippen molar-refractivity contribution in [3.63, 3.8) is 0 Å². The van der Waals surface area contributed by atoms with Crippen LogP contribution in [0.2, 0.25) is 0 Å². The molecule has 0 aliphatic carbocycles. The number of hydrogen-bond donors (Lipinski definition) is 1. The molecule has 0 unspecified atom stereocenters. The second kappa shape index (κ2) is 5.32. The van der Waals surface area contributed by atoms with Crippen LogP contribution in [0.15, 0.2) is 36.4 Å². The molecule has 2 aliphatic heterocycles. The van der Waals surface area contributed by atoms with Crippen molar-refractivity contribution >= 4 is 10.8 Å². The molecule has 0 amide bonds.